The molecule has 1 aliphatic rings. The van der Waals surface area contributed by atoms with E-state index in [-0.39, 0.29) is 18.0 Å². The molecule has 2 aromatic rings. The summed E-state index contributed by atoms with van der Waals surface area (Å²) in [6, 6.07) is 9.45. The minimum Gasteiger partial charge on any atom is -0.386 e. The maximum Gasteiger partial charge on any atom is 0.301 e. The molecule has 0 fully saturated rings. The molecule has 0 saturated carbocycles. The van der Waals surface area contributed by atoms with Gasteiger partial charge in [0, 0.05) is 10.5 Å². The van der Waals surface area contributed by atoms with Crippen molar-refractivity contribution in [2.24, 2.45) is 10.7 Å². The van der Waals surface area contributed by atoms with Crippen molar-refractivity contribution in [3.05, 3.63) is 53.8 Å². The second-order valence-electron chi connectivity index (χ2n) is 6.73. The van der Waals surface area contributed by atoms with E-state index in [9.17, 15) is 4.39 Å². The third-order valence-electron chi connectivity index (χ3n) is 4.49. The lowest BCUT2D eigenvalue weighted by Crippen LogP contribution is -2.48. The number of nitrogens with zero attached hydrogens (tertiary/aromatic N) is 1. The largest absolute Gasteiger partial charge is 0.386 e. The SMILES string of the molecule is CC1(C)OCC(N)=NC(c2cc(-c3cccc(S)c3)ccc2F)C1(F)F. The molecule has 0 spiro atoms. The van der Waals surface area contributed by atoms with Gasteiger partial charge in [-0.05, 0) is 49.2 Å². The molecule has 2 aromatic carbocycles. The maximum absolute atomic E-state index is 15.1. The highest BCUT2D eigenvalue weighted by Crippen LogP contribution is 2.46. The number of hydrogen-bond acceptors (Lipinski definition) is 4. The molecule has 2 N–H and O–H groups in total. The van der Waals surface area contributed by atoms with Crippen molar-refractivity contribution in [2.75, 3.05) is 6.61 Å². The number of aliphatic imine (C=N–C) groups is 1. The van der Waals surface area contributed by atoms with Gasteiger partial charge in [0.05, 0.1) is 0 Å². The normalized spacial score (nSPS) is 21.8. The lowest BCUT2D eigenvalue weighted by molar-refractivity contribution is -0.191. The standard InChI is InChI=1S/C19H19F3N2OS/c1-18(2)19(21,22)17(24-16(23)10-25-18)14-9-12(6-7-15(14)20)11-4-3-5-13(26)8-11/h3-9,17,26H,10H2,1-2H3,(H2,23,24). The highest BCUT2D eigenvalue weighted by atomic mass is 32.1. The van der Waals surface area contributed by atoms with E-state index in [1.807, 2.05) is 0 Å². The topological polar surface area (TPSA) is 47.6 Å². The Morgan fingerprint density at radius 1 is 1.15 bits per heavy atom. The highest BCUT2D eigenvalue weighted by Gasteiger charge is 2.56. The van der Waals surface area contributed by atoms with Crippen LogP contribution in [-0.4, -0.2) is 24.0 Å². The average Bonchev–Trinajstić information content (AvgIpc) is 2.65. The van der Waals surface area contributed by atoms with Gasteiger partial charge >= 0.3 is 5.92 Å². The van der Waals surface area contributed by atoms with Gasteiger partial charge in [0.2, 0.25) is 0 Å². The van der Waals surface area contributed by atoms with Gasteiger partial charge in [-0.2, -0.15) is 0 Å². The first-order chi connectivity index (χ1) is 12.1. The smallest absolute Gasteiger partial charge is 0.301 e. The summed E-state index contributed by atoms with van der Waals surface area (Å²) in [5, 5.41) is 0. The Balaban J connectivity index is 2.15. The zero-order chi connectivity index (χ0) is 19.1. The fraction of sp³-hybridized carbons (Fsp3) is 0.316. The second-order valence-corrected chi connectivity index (χ2v) is 7.25. The third-order valence-corrected chi connectivity index (χ3v) is 4.77. The molecule has 138 valence electrons. The average molecular weight is 380 g/mol. The Kier molecular flexibility index (Phi) is 4.79. The van der Waals surface area contributed by atoms with Gasteiger partial charge in [-0.15, -0.1) is 12.6 Å². The zero-order valence-electron chi connectivity index (χ0n) is 14.3. The van der Waals surface area contributed by atoms with Crippen LogP contribution in [0.15, 0.2) is 52.4 Å². The molecule has 0 aromatic heterocycles. The summed E-state index contributed by atoms with van der Waals surface area (Å²) in [5.41, 5.74) is 4.93. The number of benzene rings is 2. The Hall–Kier alpha value is -1.99. The van der Waals surface area contributed by atoms with Crippen LogP contribution in [0.3, 0.4) is 0 Å². The number of ether oxygens (including phenoxy) is 1. The lowest BCUT2D eigenvalue weighted by Gasteiger charge is -2.35. The van der Waals surface area contributed by atoms with Crippen LogP contribution in [0.4, 0.5) is 13.2 Å². The van der Waals surface area contributed by atoms with E-state index < -0.39 is 23.4 Å². The molecule has 1 aliphatic heterocycles. The summed E-state index contributed by atoms with van der Waals surface area (Å²) in [6.45, 7) is 2.27. The van der Waals surface area contributed by atoms with E-state index in [1.54, 1.807) is 24.3 Å². The Morgan fingerprint density at radius 2 is 1.85 bits per heavy atom. The van der Waals surface area contributed by atoms with Crippen LogP contribution in [0.1, 0.15) is 25.5 Å². The van der Waals surface area contributed by atoms with Crippen LogP contribution < -0.4 is 5.73 Å². The Bertz CT molecular complexity index is 868. The summed E-state index contributed by atoms with van der Waals surface area (Å²) >= 11 is 4.28. The van der Waals surface area contributed by atoms with Crippen molar-refractivity contribution in [1.82, 2.24) is 0 Å². The maximum atomic E-state index is 15.1. The van der Waals surface area contributed by atoms with Crippen molar-refractivity contribution < 1.29 is 17.9 Å². The van der Waals surface area contributed by atoms with E-state index in [1.165, 1.54) is 26.0 Å². The van der Waals surface area contributed by atoms with Gasteiger partial charge in [0.1, 0.15) is 29.9 Å². The Morgan fingerprint density at radius 3 is 2.54 bits per heavy atom. The van der Waals surface area contributed by atoms with Crippen molar-refractivity contribution in [3.63, 3.8) is 0 Å². The first kappa shape index (κ1) is 18.8. The first-order valence-electron chi connectivity index (χ1n) is 8.04. The quantitative estimate of drug-likeness (QED) is 0.747. The van der Waals surface area contributed by atoms with Crippen molar-refractivity contribution in [2.45, 2.75) is 36.3 Å². The monoisotopic (exact) mass is 380 g/mol. The summed E-state index contributed by atoms with van der Waals surface area (Å²) < 4.78 is 49.9. The molecule has 3 rings (SSSR count). The number of rotatable bonds is 2. The van der Waals surface area contributed by atoms with Crippen LogP contribution in [0, 0.1) is 5.82 Å². The van der Waals surface area contributed by atoms with E-state index >= 15 is 8.78 Å². The predicted molar refractivity (Wildman–Crippen MR) is 98.4 cm³/mol. The fourth-order valence-corrected chi connectivity index (χ4v) is 3.07. The van der Waals surface area contributed by atoms with Gasteiger partial charge in [0.15, 0.2) is 0 Å². The molecule has 1 unspecified atom stereocenters. The Labute approximate surface area is 155 Å². The predicted octanol–water partition coefficient (Wildman–Crippen LogP) is 4.62. The first-order valence-corrected chi connectivity index (χ1v) is 8.49. The van der Waals surface area contributed by atoms with E-state index in [0.717, 1.165) is 11.6 Å². The van der Waals surface area contributed by atoms with Gasteiger partial charge in [-0.1, -0.05) is 18.2 Å². The number of hydrogen-bond donors (Lipinski definition) is 2. The number of thiol groups is 1. The second kappa shape index (κ2) is 6.63. The minimum atomic E-state index is -3.46. The summed E-state index contributed by atoms with van der Waals surface area (Å²) in [6.07, 6.45) is 0. The van der Waals surface area contributed by atoms with E-state index in [4.69, 9.17) is 10.5 Å². The van der Waals surface area contributed by atoms with Crippen LogP contribution in [0.5, 0.6) is 0 Å². The van der Waals surface area contributed by atoms with Crippen LogP contribution >= 0.6 is 12.6 Å². The molecule has 7 heteroatoms. The molecule has 0 saturated heterocycles. The number of halogens is 3. The number of nitrogens with two attached hydrogens (primary N) is 1. The van der Waals surface area contributed by atoms with Gasteiger partial charge in [0.25, 0.3) is 0 Å². The summed E-state index contributed by atoms with van der Waals surface area (Å²) in [5.74, 6) is -4.32. The zero-order valence-corrected chi connectivity index (χ0v) is 15.2. The molecule has 3 nitrogen and oxygen atoms in total. The van der Waals surface area contributed by atoms with Crippen LogP contribution in [0.2, 0.25) is 0 Å². The van der Waals surface area contributed by atoms with Crippen LogP contribution in [-0.2, 0) is 4.74 Å². The van der Waals surface area contributed by atoms with Gasteiger partial charge in [-0.3, -0.25) is 4.99 Å². The van der Waals surface area contributed by atoms with Crippen molar-refractivity contribution >= 4 is 18.5 Å². The number of amidine groups is 1. The molecular weight excluding hydrogens is 361 g/mol. The molecule has 0 aliphatic carbocycles. The fourth-order valence-electron chi connectivity index (χ4n) is 2.85. The van der Waals surface area contributed by atoms with Crippen molar-refractivity contribution in [3.8, 4) is 11.1 Å². The molecule has 1 heterocycles. The van der Waals surface area contributed by atoms with Gasteiger partial charge in [-0.25, -0.2) is 13.2 Å². The third kappa shape index (κ3) is 3.33. The molecule has 1 atom stereocenters. The van der Waals surface area contributed by atoms with Crippen LogP contribution in [0.25, 0.3) is 11.1 Å². The van der Waals surface area contributed by atoms with E-state index in [2.05, 4.69) is 17.6 Å². The summed E-state index contributed by atoms with van der Waals surface area (Å²) in [7, 11) is 0. The number of alkyl halides is 2. The molecule has 26 heavy (non-hydrogen) atoms. The lowest BCUT2D eigenvalue weighted by atomic mass is 9.88. The van der Waals surface area contributed by atoms with Crippen molar-refractivity contribution in [1.29, 1.82) is 0 Å². The molecule has 0 bridgehead atoms. The molecule has 0 amide bonds. The molecule has 0 radical (unpaired) electrons. The molecular formula is C19H19F3N2OS. The van der Waals surface area contributed by atoms with E-state index in [0.29, 0.717) is 10.5 Å². The minimum absolute atomic E-state index is 0.0950. The highest BCUT2D eigenvalue weighted by molar-refractivity contribution is 7.80. The summed E-state index contributed by atoms with van der Waals surface area (Å²) in [4.78, 5) is 4.59. The van der Waals surface area contributed by atoms with Gasteiger partial charge < -0.3 is 10.5 Å².